The van der Waals surface area contributed by atoms with Gasteiger partial charge in [-0.15, -0.1) is 11.3 Å². The molecule has 0 aromatic carbocycles. The van der Waals surface area contributed by atoms with E-state index in [9.17, 15) is 8.42 Å². The third-order valence-corrected chi connectivity index (χ3v) is 6.25. The second-order valence-electron chi connectivity index (χ2n) is 5.00. The fourth-order valence-electron chi connectivity index (χ4n) is 2.29. The maximum atomic E-state index is 11.6. The first-order valence-electron chi connectivity index (χ1n) is 6.32. The van der Waals surface area contributed by atoms with Gasteiger partial charge in [-0.1, -0.05) is 0 Å². The number of thiazole rings is 1. The molecule has 0 aliphatic carbocycles. The number of hydrogen-bond acceptors (Lipinski definition) is 5. The van der Waals surface area contributed by atoms with E-state index in [1.807, 2.05) is 7.05 Å². The number of rotatable bonds is 4. The summed E-state index contributed by atoms with van der Waals surface area (Å²) in [6.07, 6.45) is 2.62. The van der Waals surface area contributed by atoms with E-state index in [1.165, 1.54) is 0 Å². The van der Waals surface area contributed by atoms with Gasteiger partial charge in [0.1, 0.15) is 0 Å². The lowest BCUT2D eigenvalue weighted by Crippen LogP contribution is -2.26. The van der Waals surface area contributed by atoms with Crippen molar-refractivity contribution < 1.29 is 8.42 Å². The van der Waals surface area contributed by atoms with Gasteiger partial charge in [0.15, 0.2) is 9.84 Å². The molecule has 0 radical (unpaired) electrons. The summed E-state index contributed by atoms with van der Waals surface area (Å²) in [7, 11) is -0.888. The molecule has 2 heterocycles. The zero-order valence-corrected chi connectivity index (χ0v) is 12.5. The molecule has 1 aromatic heterocycles. The Bertz CT molecular complexity index is 496. The second kappa shape index (κ2) is 5.67. The van der Waals surface area contributed by atoms with Gasteiger partial charge in [0.2, 0.25) is 0 Å². The Balaban J connectivity index is 1.99. The zero-order chi connectivity index (χ0) is 13.2. The van der Waals surface area contributed by atoms with Crippen molar-refractivity contribution in [3.63, 3.8) is 0 Å². The summed E-state index contributed by atoms with van der Waals surface area (Å²) in [5.74, 6) is 0.958. The van der Waals surface area contributed by atoms with E-state index in [1.54, 1.807) is 11.3 Å². The smallest absolute Gasteiger partial charge is 0.150 e. The fourth-order valence-corrected chi connectivity index (χ4v) is 5.07. The van der Waals surface area contributed by atoms with Crippen molar-refractivity contribution in [3.8, 4) is 0 Å². The van der Waals surface area contributed by atoms with Crippen LogP contribution in [-0.4, -0.2) is 32.0 Å². The third kappa shape index (κ3) is 3.52. The fraction of sp³-hybridized carbons (Fsp3) is 0.750. The highest BCUT2D eigenvalue weighted by molar-refractivity contribution is 7.91. The average molecular weight is 288 g/mol. The lowest BCUT2D eigenvalue weighted by Gasteiger charge is -2.20. The minimum atomic E-state index is -2.80. The summed E-state index contributed by atoms with van der Waals surface area (Å²) in [5.41, 5.74) is 1.05. The van der Waals surface area contributed by atoms with Crippen LogP contribution in [0.3, 0.4) is 0 Å². The molecule has 1 aliphatic rings. The van der Waals surface area contributed by atoms with E-state index in [0.29, 0.717) is 11.5 Å². The van der Waals surface area contributed by atoms with Crippen molar-refractivity contribution in [2.75, 3.05) is 18.6 Å². The van der Waals surface area contributed by atoms with Crippen molar-refractivity contribution >= 4 is 21.2 Å². The number of nitrogens with one attached hydrogen (secondary N) is 1. The van der Waals surface area contributed by atoms with Crippen LogP contribution in [0.15, 0.2) is 5.38 Å². The van der Waals surface area contributed by atoms with Crippen LogP contribution < -0.4 is 5.32 Å². The van der Waals surface area contributed by atoms with Crippen LogP contribution in [0.5, 0.6) is 0 Å². The molecule has 1 N–H and O–H groups in total. The Morgan fingerprint density at radius 3 is 3.06 bits per heavy atom. The molecule has 1 fully saturated rings. The summed E-state index contributed by atoms with van der Waals surface area (Å²) < 4.78 is 23.2. The lowest BCUT2D eigenvalue weighted by atomic mass is 10.0. The van der Waals surface area contributed by atoms with Crippen molar-refractivity contribution in [2.45, 2.75) is 32.2 Å². The van der Waals surface area contributed by atoms with Gasteiger partial charge < -0.3 is 5.32 Å². The molecule has 18 heavy (non-hydrogen) atoms. The van der Waals surface area contributed by atoms with Gasteiger partial charge in [0.05, 0.1) is 22.2 Å². The predicted octanol–water partition coefficient (Wildman–Crippen LogP) is 1.79. The molecule has 1 aliphatic heterocycles. The number of nitrogens with zero attached hydrogens (tertiary/aromatic N) is 1. The molecular formula is C12H20N2O2S2. The first-order valence-corrected chi connectivity index (χ1v) is 9.02. The molecule has 4 nitrogen and oxygen atoms in total. The van der Waals surface area contributed by atoms with Gasteiger partial charge in [-0.25, -0.2) is 13.4 Å². The molecule has 6 heteroatoms. The molecule has 0 bridgehead atoms. The van der Waals surface area contributed by atoms with Crippen LogP contribution in [0.4, 0.5) is 0 Å². The van der Waals surface area contributed by atoms with Crippen molar-refractivity contribution in [2.24, 2.45) is 5.92 Å². The van der Waals surface area contributed by atoms with Crippen molar-refractivity contribution in [3.05, 3.63) is 16.1 Å². The number of hydrogen-bond donors (Lipinski definition) is 1. The van der Waals surface area contributed by atoms with Gasteiger partial charge in [-0.2, -0.15) is 0 Å². The van der Waals surface area contributed by atoms with Gasteiger partial charge in [0.25, 0.3) is 0 Å². The van der Waals surface area contributed by atoms with Gasteiger partial charge in [-0.3, -0.25) is 0 Å². The summed E-state index contributed by atoms with van der Waals surface area (Å²) in [4.78, 5) is 4.58. The largest absolute Gasteiger partial charge is 0.312 e. The molecular weight excluding hydrogens is 268 g/mol. The Morgan fingerprint density at radius 1 is 1.61 bits per heavy atom. The lowest BCUT2D eigenvalue weighted by molar-refractivity contribution is 0.482. The van der Waals surface area contributed by atoms with Crippen LogP contribution in [0, 0.1) is 5.92 Å². The van der Waals surface area contributed by atoms with Gasteiger partial charge in [-0.05, 0) is 32.7 Å². The van der Waals surface area contributed by atoms with Crippen molar-refractivity contribution in [1.29, 1.82) is 0 Å². The monoisotopic (exact) mass is 288 g/mol. The first kappa shape index (κ1) is 14.0. The van der Waals surface area contributed by atoms with E-state index >= 15 is 0 Å². The summed E-state index contributed by atoms with van der Waals surface area (Å²) in [6.45, 7) is 2.07. The molecule has 0 spiro atoms. The van der Waals surface area contributed by atoms with Gasteiger partial charge >= 0.3 is 0 Å². The maximum absolute atomic E-state index is 11.6. The average Bonchev–Trinajstić information content (AvgIpc) is 2.75. The number of aromatic nitrogens is 1. The first-order chi connectivity index (χ1) is 8.50. The van der Waals surface area contributed by atoms with E-state index in [2.05, 4.69) is 22.6 Å². The Hall–Kier alpha value is -0.460. The highest BCUT2D eigenvalue weighted by Crippen LogP contribution is 2.25. The van der Waals surface area contributed by atoms with E-state index in [-0.39, 0.29) is 12.0 Å². The Labute approximate surface area is 113 Å². The molecule has 1 saturated heterocycles. The predicted molar refractivity (Wildman–Crippen MR) is 74.7 cm³/mol. The maximum Gasteiger partial charge on any atom is 0.150 e. The van der Waals surface area contributed by atoms with Crippen LogP contribution >= 0.6 is 11.3 Å². The van der Waals surface area contributed by atoms with E-state index in [4.69, 9.17) is 0 Å². The van der Waals surface area contributed by atoms with E-state index < -0.39 is 9.84 Å². The third-order valence-electron chi connectivity index (χ3n) is 3.47. The summed E-state index contributed by atoms with van der Waals surface area (Å²) in [6, 6.07) is 0.255. The standard InChI is InChI=1S/C12H20N2O2S2/c1-9(13-2)11-7-17-12(14-11)6-10-4-3-5-18(15,16)8-10/h7,9-10,13H,3-6,8H2,1-2H3. The molecule has 2 atom stereocenters. The van der Waals surface area contributed by atoms with Crippen LogP contribution in [-0.2, 0) is 16.3 Å². The Morgan fingerprint density at radius 2 is 2.39 bits per heavy atom. The molecule has 0 amide bonds. The van der Waals surface area contributed by atoms with E-state index in [0.717, 1.165) is 30.0 Å². The summed E-state index contributed by atoms with van der Waals surface area (Å²) >= 11 is 1.64. The van der Waals surface area contributed by atoms with Crippen LogP contribution in [0.1, 0.15) is 36.5 Å². The van der Waals surface area contributed by atoms with Crippen molar-refractivity contribution in [1.82, 2.24) is 10.3 Å². The Kier molecular flexibility index (Phi) is 4.40. The molecule has 1 aromatic rings. The quantitative estimate of drug-likeness (QED) is 0.917. The minimum Gasteiger partial charge on any atom is -0.312 e. The number of sulfone groups is 1. The molecule has 102 valence electrons. The topological polar surface area (TPSA) is 59.1 Å². The highest BCUT2D eigenvalue weighted by atomic mass is 32.2. The summed E-state index contributed by atoms with van der Waals surface area (Å²) in [5, 5.41) is 6.29. The molecule has 0 saturated carbocycles. The SMILES string of the molecule is CNC(C)c1csc(CC2CCCS(=O)(=O)C2)n1. The molecule has 2 rings (SSSR count). The minimum absolute atomic E-state index is 0.255. The van der Waals surface area contributed by atoms with Crippen LogP contribution in [0.25, 0.3) is 0 Å². The normalized spacial score (nSPS) is 24.9. The second-order valence-corrected chi connectivity index (χ2v) is 8.17. The molecule has 2 unspecified atom stereocenters. The highest BCUT2D eigenvalue weighted by Gasteiger charge is 2.25. The van der Waals surface area contributed by atoms with Gasteiger partial charge in [0, 0.05) is 17.8 Å². The zero-order valence-electron chi connectivity index (χ0n) is 10.8. The van der Waals surface area contributed by atoms with Crippen LogP contribution in [0.2, 0.25) is 0 Å².